The predicted molar refractivity (Wildman–Crippen MR) is 111 cm³/mol. The van der Waals surface area contributed by atoms with E-state index < -0.39 is 18.1 Å². The molecule has 0 spiro atoms. The summed E-state index contributed by atoms with van der Waals surface area (Å²) in [5.74, 6) is 0.0147. The molecule has 0 amide bonds. The lowest BCUT2D eigenvalue weighted by Crippen LogP contribution is -2.34. The highest BCUT2D eigenvalue weighted by Gasteiger charge is 2.27. The number of aliphatic hydroxyl groups is 2. The van der Waals surface area contributed by atoms with Gasteiger partial charge in [0, 0.05) is 11.6 Å². The Morgan fingerprint density at radius 3 is 2.52 bits per heavy atom. The van der Waals surface area contributed by atoms with Crippen LogP contribution in [0.25, 0.3) is 11.0 Å². The van der Waals surface area contributed by atoms with Crippen LogP contribution in [0, 0.1) is 0 Å². The summed E-state index contributed by atoms with van der Waals surface area (Å²) in [4.78, 5) is 16.7. The van der Waals surface area contributed by atoms with Crippen LogP contribution in [0.15, 0.2) is 28.2 Å². The minimum atomic E-state index is -1.69. The molecule has 158 valence electrons. The zero-order chi connectivity index (χ0) is 21.6. The number of hydrogen-bond donors (Lipinski definition) is 2. The minimum Gasteiger partial charge on any atom is -0.480 e. The lowest BCUT2D eigenvalue weighted by molar-refractivity contribution is -0.184. The summed E-state index contributed by atoms with van der Waals surface area (Å²) in [6.45, 7) is 3.68. The molecule has 0 aliphatic carbocycles. The summed E-state index contributed by atoms with van der Waals surface area (Å²) in [5, 5.41) is 21.5. The highest BCUT2D eigenvalue weighted by molar-refractivity contribution is 6.40. The summed E-state index contributed by atoms with van der Waals surface area (Å²) in [6, 6.07) is 4.91. The van der Waals surface area contributed by atoms with E-state index in [0.29, 0.717) is 22.6 Å². The molecule has 29 heavy (non-hydrogen) atoms. The smallest absolute Gasteiger partial charge is 0.241 e. The number of methoxy groups -OCH3 is 2. The van der Waals surface area contributed by atoms with E-state index in [1.54, 1.807) is 32.0 Å². The van der Waals surface area contributed by atoms with Gasteiger partial charge in [0.1, 0.15) is 5.50 Å². The predicted octanol–water partition coefficient (Wildman–Crippen LogP) is 2.71. The average molecular weight is 445 g/mol. The molecule has 0 aliphatic heterocycles. The molecule has 1 heterocycles. The lowest BCUT2D eigenvalue weighted by Gasteiger charge is -2.20. The summed E-state index contributed by atoms with van der Waals surface area (Å²) >= 11 is 11.9. The van der Waals surface area contributed by atoms with Gasteiger partial charge in [-0.05, 0) is 32.0 Å². The quantitative estimate of drug-likeness (QED) is 0.211. The summed E-state index contributed by atoms with van der Waals surface area (Å²) < 4.78 is 15.6. The van der Waals surface area contributed by atoms with Crippen molar-refractivity contribution in [3.8, 4) is 5.88 Å². The molecule has 0 bridgehead atoms. The maximum Gasteiger partial charge on any atom is 0.241 e. The molecule has 1 aromatic heterocycles. The molecule has 2 N–H and O–H groups in total. The maximum absolute atomic E-state index is 10.5. The van der Waals surface area contributed by atoms with Crippen molar-refractivity contribution in [2.45, 2.75) is 31.9 Å². The number of fused-ring (bicyclic) bond motifs is 1. The molecule has 9 nitrogen and oxygen atoms in total. The normalized spacial score (nSPS) is 15.9. The molecule has 1 aromatic carbocycles. The Morgan fingerprint density at radius 1 is 1.21 bits per heavy atom. The van der Waals surface area contributed by atoms with Crippen molar-refractivity contribution >= 4 is 45.8 Å². The Bertz CT molecular complexity index is 907. The number of benzene rings is 1. The third kappa shape index (κ3) is 5.97. The van der Waals surface area contributed by atoms with E-state index >= 15 is 0 Å². The van der Waals surface area contributed by atoms with Crippen LogP contribution in [0.4, 0.5) is 0 Å². The maximum atomic E-state index is 10.5. The van der Waals surface area contributed by atoms with E-state index in [1.165, 1.54) is 14.2 Å². The molecular weight excluding hydrogens is 423 g/mol. The van der Waals surface area contributed by atoms with E-state index in [1.807, 2.05) is 0 Å². The van der Waals surface area contributed by atoms with Crippen molar-refractivity contribution in [1.29, 1.82) is 0 Å². The van der Waals surface area contributed by atoms with Gasteiger partial charge in [-0.1, -0.05) is 23.2 Å². The number of hydrogen-bond acceptors (Lipinski definition) is 9. The Hall–Kier alpha value is -2.04. The van der Waals surface area contributed by atoms with Crippen LogP contribution in [0.2, 0.25) is 5.02 Å². The number of aliphatic imine (C=N–C) groups is 2. The second-order valence-corrected chi connectivity index (χ2v) is 6.73. The van der Waals surface area contributed by atoms with Crippen molar-refractivity contribution in [2.75, 3.05) is 20.8 Å². The fraction of sp³-hybridized carbons (Fsp3) is 0.444. The molecular formula is C18H22Cl2N4O5. The number of rotatable bonds is 8. The monoisotopic (exact) mass is 444 g/mol. The Kier molecular flexibility index (Phi) is 8.54. The first-order chi connectivity index (χ1) is 13.8. The van der Waals surface area contributed by atoms with E-state index in [-0.39, 0.29) is 23.2 Å². The highest BCUT2D eigenvalue weighted by atomic mass is 35.5. The number of ether oxygens (including phenoxy) is 3. The van der Waals surface area contributed by atoms with E-state index in [2.05, 4.69) is 20.0 Å². The Balaban J connectivity index is 2.36. The molecule has 0 saturated heterocycles. The zero-order valence-corrected chi connectivity index (χ0v) is 17.8. The number of aromatic nitrogens is 2. The summed E-state index contributed by atoms with van der Waals surface area (Å²) in [7, 11) is 2.73. The van der Waals surface area contributed by atoms with Crippen molar-refractivity contribution in [1.82, 2.24) is 9.97 Å². The largest absolute Gasteiger partial charge is 0.480 e. The molecule has 0 fully saturated rings. The van der Waals surface area contributed by atoms with Crippen LogP contribution in [0.3, 0.4) is 0 Å². The van der Waals surface area contributed by atoms with E-state index in [0.717, 1.165) is 0 Å². The third-order valence-electron chi connectivity index (χ3n) is 3.57. The van der Waals surface area contributed by atoms with Gasteiger partial charge in [0.15, 0.2) is 11.4 Å². The van der Waals surface area contributed by atoms with Crippen molar-refractivity contribution < 1.29 is 24.4 Å². The zero-order valence-electron chi connectivity index (χ0n) is 16.3. The van der Waals surface area contributed by atoms with Gasteiger partial charge in [-0.25, -0.2) is 15.0 Å². The molecule has 3 unspecified atom stereocenters. The Morgan fingerprint density at radius 2 is 1.93 bits per heavy atom. The topological polar surface area (TPSA) is 119 Å². The van der Waals surface area contributed by atoms with Crippen LogP contribution in [-0.2, 0) is 9.47 Å². The molecule has 11 heteroatoms. The third-order valence-corrected chi connectivity index (χ3v) is 3.91. The fourth-order valence-corrected chi connectivity index (χ4v) is 2.65. The van der Waals surface area contributed by atoms with Crippen molar-refractivity contribution in [3.05, 3.63) is 28.9 Å². The van der Waals surface area contributed by atoms with Crippen LogP contribution >= 0.6 is 23.2 Å². The minimum absolute atomic E-state index is 0.0163. The van der Waals surface area contributed by atoms with Gasteiger partial charge < -0.3 is 24.4 Å². The Labute approximate surface area is 178 Å². The van der Waals surface area contributed by atoms with Gasteiger partial charge in [0.25, 0.3) is 0 Å². The summed E-state index contributed by atoms with van der Waals surface area (Å²) in [6.07, 6.45) is -3.37. The van der Waals surface area contributed by atoms with Crippen molar-refractivity contribution in [2.24, 2.45) is 9.98 Å². The van der Waals surface area contributed by atoms with Gasteiger partial charge in [-0.15, -0.1) is 0 Å². The molecule has 0 saturated carbocycles. The summed E-state index contributed by atoms with van der Waals surface area (Å²) in [5.41, 5.74) is 0.236. The van der Waals surface area contributed by atoms with E-state index in [9.17, 15) is 10.2 Å². The number of halogens is 2. The van der Waals surface area contributed by atoms with Crippen LogP contribution in [-0.4, -0.2) is 64.3 Å². The van der Waals surface area contributed by atoms with E-state index in [4.69, 9.17) is 37.4 Å². The SMILES string of the molecule is CCN=C(C(=NC(C)Cl)OC)C(O)OC(O)c1nc2cc(Cl)ccc2nc1OC. The molecule has 2 rings (SSSR count). The van der Waals surface area contributed by atoms with Gasteiger partial charge in [-0.2, -0.15) is 0 Å². The van der Waals surface area contributed by atoms with Crippen LogP contribution in [0.5, 0.6) is 5.88 Å². The van der Waals surface area contributed by atoms with Crippen molar-refractivity contribution in [3.63, 3.8) is 0 Å². The van der Waals surface area contributed by atoms with Gasteiger partial charge in [0.2, 0.25) is 24.4 Å². The highest BCUT2D eigenvalue weighted by Crippen LogP contribution is 2.27. The lowest BCUT2D eigenvalue weighted by atomic mass is 10.3. The second kappa shape index (κ2) is 10.7. The number of alkyl halides is 1. The first kappa shape index (κ1) is 23.2. The van der Waals surface area contributed by atoms with Crippen LogP contribution in [0.1, 0.15) is 25.8 Å². The van der Waals surface area contributed by atoms with Gasteiger partial charge >= 0.3 is 0 Å². The molecule has 3 atom stereocenters. The van der Waals surface area contributed by atoms with Crippen LogP contribution < -0.4 is 4.74 Å². The fourth-order valence-electron chi connectivity index (χ4n) is 2.39. The first-order valence-corrected chi connectivity index (χ1v) is 9.45. The van der Waals surface area contributed by atoms with Gasteiger partial charge in [-0.3, -0.25) is 4.99 Å². The number of nitrogens with zero attached hydrogens (tertiary/aromatic N) is 4. The second-order valence-electron chi connectivity index (χ2n) is 5.66. The van der Waals surface area contributed by atoms with Gasteiger partial charge in [0.05, 0.1) is 25.3 Å². The molecule has 2 aromatic rings. The molecule has 0 radical (unpaired) electrons. The average Bonchev–Trinajstić information content (AvgIpc) is 2.68. The molecule has 0 aliphatic rings. The number of aliphatic hydroxyl groups excluding tert-OH is 2. The first-order valence-electron chi connectivity index (χ1n) is 8.64. The standard InChI is InChI=1S/C18H22Cl2N4O5/c1-5-21-13(15(27-3)22-9(2)19)17(25)29-18(26)14-16(28-4)24-11-7-6-10(20)8-12(11)23-14/h6-9,17-18,25-26H,5H2,1-4H3.